The number of carbonyl (C=O) groups is 1. The Hall–Kier alpha value is -2.19. The van der Waals surface area contributed by atoms with Crippen LogP contribution in [0, 0.1) is 5.92 Å². The smallest absolute Gasteiger partial charge is 0.223 e. The highest BCUT2D eigenvalue weighted by Crippen LogP contribution is 2.33. The molecule has 8 heteroatoms. The molecular formula is C23H37N5O2S. The summed E-state index contributed by atoms with van der Waals surface area (Å²) in [6.45, 7) is 5.54. The number of aromatic nitrogens is 1. The van der Waals surface area contributed by atoms with Crippen LogP contribution in [0.4, 0.5) is 17.2 Å². The maximum absolute atomic E-state index is 11.8. The Morgan fingerprint density at radius 1 is 1.16 bits per heavy atom. The Morgan fingerprint density at radius 3 is 2.68 bits per heavy atom. The van der Waals surface area contributed by atoms with E-state index in [1.54, 1.807) is 0 Å². The average molecular weight is 448 g/mol. The third-order valence-electron chi connectivity index (χ3n) is 5.41. The molecule has 0 saturated carbocycles. The van der Waals surface area contributed by atoms with Gasteiger partial charge in [-0.15, -0.1) is 0 Å². The fourth-order valence-electron chi connectivity index (χ4n) is 3.48. The Kier molecular flexibility index (Phi) is 10.7. The molecule has 1 atom stereocenters. The number of nitrogen functional groups attached to an aromatic ring is 2. The number of aryl methyl sites for hydroxylation is 1. The Labute approximate surface area is 190 Å². The van der Waals surface area contributed by atoms with Gasteiger partial charge in [0.2, 0.25) is 5.91 Å². The van der Waals surface area contributed by atoms with Crippen LogP contribution in [-0.2, 0) is 11.2 Å². The van der Waals surface area contributed by atoms with Crippen LogP contribution in [0.5, 0.6) is 0 Å². The van der Waals surface area contributed by atoms with Crippen molar-refractivity contribution in [2.75, 3.05) is 35.6 Å². The predicted molar refractivity (Wildman–Crippen MR) is 133 cm³/mol. The SMILES string of the molecule is CCCCCNc1c(N)c(N)nc2cc(CCCCCNC(=O)[C@@H](C)CSO)ccc12. The normalized spacial score (nSPS) is 12.1. The second-order valence-corrected chi connectivity index (χ2v) is 8.66. The van der Waals surface area contributed by atoms with E-state index >= 15 is 0 Å². The van der Waals surface area contributed by atoms with Crippen molar-refractivity contribution < 1.29 is 9.35 Å². The molecule has 0 aliphatic heterocycles. The van der Waals surface area contributed by atoms with Crippen molar-refractivity contribution >= 4 is 46.0 Å². The molecule has 0 bridgehead atoms. The molecule has 7 nitrogen and oxygen atoms in total. The zero-order valence-electron chi connectivity index (χ0n) is 18.7. The first-order valence-electron chi connectivity index (χ1n) is 11.2. The molecule has 7 N–H and O–H groups in total. The lowest BCUT2D eigenvalue weighted by atomic mass is 10.0. The monoisotopic (exact) mass is 447 g/mol. The molecule has 31 heavy (non-hydrogen) atoms. The van der Waals surface area contributed by atoms with Crippen molar-refractivity contribution in [3.63, 3.8) is 0 Å². The standard InChI is InChI=1S/C23H37N5O2S/c1-3-4-7-12-26-21-18-11-10-17(14-19(18)28-22(25)20(21)24)9-6-5-8-13-27-23(29)16(2)15-31-30/h10-11,14,16,30H,3-9,12-13,15,24H2,1-2H3,(H,27,29)(H3,25,26,28)/t16-/m0/s1. The highest BCUT2D eigenvalue weighted by Gasteiger charge is 2.12. The Morgan fingerprint density at radius 2 is 1.94 bits per heavy atom. The lowest BCUT2D eigenvalue weighted by molar-refractivity contribution is -0.123. The molecule has 0 aliphatic carbocycles. The summed E-state index contributed by atoms with van der Waals surface area (Å²) in [7, 11) is 0. The number of nitrogens with two attached hydrogens (primary N) is 2. The number of anilines is 3. The van der Waals surface area contributed by atoms with Gasteiger partial charge in [0.15, 0.2) is 0 Å². The summed E-state index contributed by atoms with van der Waals surface area (Å²) in [5.41, 5.74) is 15.7. The summed E-state index contributed by atoms with van der Waals surface area (Å²) in [5, 5.41) is 7.38. The lowest BCUT2D eigenvalue weighted by Gasteiger charge is -2.15. The number of hydrogen-bond acceptors (Lipinski definition) is 7. The number of nitrogens with zero attached hydrogens (tertiary/aromatic N) is 1. The number of benzene rings is 1. The van der Waals surface area contributed by atoms with Crippen molar-refractivity contribution in [3.8, 4) is 0 Å². The van der Waals surface area contributed by atoms with Crippen LogP contribution in [-0.4, -0.2) is 34.3 Å². The van der Waals surface area contributed by atoms with Crippen LogP contribution < -0.4 is 22.1 Å². The van der Waals surface area contributed by atoms with Crippen molar-refractivity contribution in [1.82, 2.24) is 10.3 Å². The molecule has 2 aromatic rings. The highest BCUT2D eigenvalue weighted by atomic mass is 32.2. The maximum Gasteiger partial charge on any atom is 0.223 e. The van der Waals surface area contributed by atoms with E-state index in [1.807, 2.05) is 6.92 Å². The van der Waals surface area contributed by atoms with Gasteiger partial charge >= 0.3 is 0 Å². The van der Waals surface area contributed by atoms with Crippen molar-refractivity contribution in [2.45, 2.75) is 58.8 Å². The van der Waals surface area contributed by atoms with E-state index in [9.17, 15) is 4.79 Å². The van der Waals surface area contributed by atoms with Gasteiger partial charge in [0.25, 0.3) is 0 Å². The number of nitrogens with one attached hydrogen (secondary N) is 2. The molecule has 2 rings (SSSR count). The van der Waals surface area contributed by atoms with Crippen LogP contribution in [0.15, 0.2) is 18.2 Å². The van der Waals surface area contributed by atoms with Crippen LogP contribution in [0.2, 0.25) is 0 Å². The molecule has 0 spiro atoms. The van der Waals surface area contributed by atoms with Crippen molar-refractivity contribution in [2.24, 2.45) is 5.92 Å². The van der Waals surface area contributed by atoms with Gasteiger partial charge in [0.1, 0.15) is 5.82 Å². The van der Waals surface area contributed by atoms with E-state index < -0.39 is 0 Å². The first-order chi connectivity index (χ1) is 15.0. The fourth-order valence-corrected chi connectivity index (χ4v) is 3.86. The molecule has 0 fully saturated rings. The molecule has 172 valence electrons. The third-order valence-corrected chi connectivity index (χ3v) is 6.06. The van der Waals surface area contributed by atoms with E-state index in [1.165, 1.54) is 18.4 Å². The number of rotatable bonds is 14. The maximum atomic E-state index is 11.8. The van der Waals surface area contributed by atoms with Crippen LogP contribution in [0.1, 0.15) is 57.9 Å². The minimum Gasteiger partial charge on any atom is -0.394 e. The summed E-state index contributed by atoms with van der Waals surface area (Å²) in [6.07, 6.45) is 7.41. The molecule has 0 unspecified atom stereocenters. The molecule has 1 heterocycles. The van der Waals surface area contributed by atoms with Gasteiger partial charge in [-0.3, -0.25) is 4.79 Å². The summed E-state index contributed by atoms with van der Waals surface area (Å²) in [4.78, 5) is 16.3. The number of pyridine rings is 1. The number of unbranched alkanes of at least 4 members (excludes halogenated alkanes) is 4. The van der Waals surface area contributed by atoms with Gasteiger partial charge < -0.3 is 26.7 Å². The van der Waals surface area contributed by atoms with E-state index in [0.29, 0.717) is 35.8 Å². The van der Waals surface area contributed by atoms with Crippen LogP contribution >= 0.6 is 12.0 Å². The molecule has 0 radical (unpaired) electrons. The Bertz CT molecular complexity index is 846. The van der Waals surface area contributed by atoms with Gasteiger partial charge in [-0.05, 0) is 49.4 Å². The third kappa shape index (κ3) is 7.78. The van der Waals surface area contributed by atoms with E-state index in [2.05, 4.69) is 40.7 Å². The van der Waals surface area contributed by atoms with Gasteiger partial charge in [-0.25, -0.2) is 4.98 Å². The topological polar surface area (TPSA) is 126 Å². The van der Waals surface area contributed by atoms with Crippen molar-refractivity contribution in [1.29, 1.82) is 0 Å². The molecule has 0 saturated heterocycles. The van der Waals surface area contributed by atoms with E-state index in [-0.39, 0.29) is 11.8 Å². The minimum absolute atomic E-state index is 0.00174. The van der Waals surface area contributed by atoms with Gasteiger partial charge in [-0.2, -0.15) is 0 Å². The number of amides is 1. The molecule has 0 aliphatic rings. The van der Waals surface area contributed by atoms with Crippen molar-refractivity contribution in [3.05, 3.63) is 23.8 Å². The lowest BCUT2D eigenvalue weighted by Crippen LogP contribution is -2.31. The summed E-state index contributed by atoms with van der Waals surface area (Å²) in [6, 6.07) is 6.31. The highest BCUT2D eigenvalue weighted by molar-refractivity contribution is 7.93. The summed E-state index contributed by atoms with van der Waals surface area (Å²) in [5.74, 6) is 0.617. The minimum atomic E-state index is -0.174. The van der Waals surface area contributed by atoms with Gasteiger partial charge in [0.05, 0.1) is 16.9 Å². The second-order valence-electron chi connectivity index (χ2n) is 8.07. The fraction of sp³-hybridized carbons (Fsp3) is 0.565. The molecule has 1 aromatic heterocycles. The van der Waals surface area contributed by atoms with Crippen LogP contribution in [0.3, 0.4) is 0 Å². The van der Waals surface area contributed by atoms with E-state index in [4.69, 9.17) is 16.0 Å². The number of carbonyl (C=O) groups excluding carboxylic acids is 1. The van der Waals surface area contributed by atoms with Gasteiger partial charge in [-0.1, -0.05) is 45.2 Å². The summed E-state index contributed by atoms with van der Waals surface area (Å²) >= 11 is 0.707. The summed E-state index contributed by atoms with van der Waals surface area (Å²) < 4.78 is 8.82. The Balaban J connectivity index is 1.87. The zero-order chi connectivity index (χ0) is 22.6. The van der Waals surface area contributed by atoms with Gasteiger partial charge in [0, 0.05) is 30.1 Å². The molecule has 1 amide bonds. The zero-order valence-corrected chi connectivity index (χ0v) is 19.6. The first kappa shape index (κ1) is 25.1. The number of hydrogen-bond donors (Lipinski definition) is 5. The predicted octanol–water partition coefficient (Wildman–Crippen LogP) is 4.67. The molecular weight excluding hydrogens is 410 g/mol. The average Bonchev–Trinajstić information content (AvgIpc) is 2.75. The quantitative estimate of drug-likeness (QED) is 0.210. The van der Waals surface area contributed by atoms with Crippen LogP contribution in [0.25, 0.3) is 10.9 Å². The second kappa shape index (κ2) is 13.3. The van der Waals surface area contributed by atoms with E-state index in [0.717, 1.165) is 55.2 Å². The molecule has 1 aromatic carbocycles. The number of fused-ring (bicyclic) bond motifs is 1. The first-order valence-corrected chi connectivity index (χ1v) is 12.2. The largest absolute Gasteiger partial charge is 0.394 e.